The van der Waals surface area contributed by atoms with Gasteiger partial charge in [0, 0.05) is 17.3 Å². The van der Waals surface area contributed by atoms with Crippen molar-refractivity contribution in [3.63, 3.8) is 0 Å². The molecule has 0 aliphatic heterocycles. The number of nitrogens with one attached hydrogen (secondary N) is 1. The Morgan fingerprint density at radius 3 is 2.56 bits per heavy atom. The van der Waals surface area contributed by atoms with Gasteiger partial charge in [0.25, 0.3) is 0 Å². The van der Waals surface area contributed by atoms with Crippen LogP contribution in [0.15, 0.2) is 24.3 Å². The molecule has 1 fully saturated rings. The van der Waals surface area contributed by atoms with Crippen molar-refractivity contribution < 1.29 is 4.79 Å². The van der Waals surface area contributed by atoms with E-state index < -0.39 is 0 Å². The van der Waals surface area contributed by atoms with E-state index in [1.807, 2.05) is 24.3 Å². The van der Waals surface area contributed by atoms with E-state index in [1.54, 1.807) is 0 Å². The maximum absolute atomic E-state index is 12.3. The summed E-state index contributed by atoms with van der Waals surface area (Å²) < 4.78 is 0. The third-order valence-corrected chi connectivity index (χ3v) is 4.00. The van der Waals surface area contributed by atoms with Gasteiger partial charge in [-0.2, -0.15) is 0 Å². The second kappa shape index (κ2) is 5.01. The number of hydrogen-bond donors (Lipinski definition) is 2. The minimum Gasteiger partial charge on any atom is -0.399 e. The van der Waals surface area contributed by atoms with E-state index in [1.165, 1.54) is 6.42 Å². The lowest BCUT2D eigenvalue weighted by Crippen LogP contribution is -2.37. The van der Waals surface area contributed by atoms with Crippen LogP contribution in [0.25, 0.3) is 0 Å². The fourth-order valence-electron chi connectivity index (χ4n) is 2.78. The molecule has 0 saturated heterocycles. The molecule has 0 spiro atoms. The van der Waals surface area contributed by atoms with Crippen LogP contribution in [0.2, 0.25) is 0 Å². The Bertz CT molecular complexity index is 423. The smallest absolute Gasteiger partial charge is 0.228 e. The first-order valence-electron chi connectivity index (χ1n) is 6.65. The van der Waals surface area contributed by atoms with Crippen LogP contribution in [0.5, 0.6) is 0 Å². The lowest BCUT2D eigenvalue weighted by molar-refractivity contribution is -0.124. The molecule has 3 heteroatoms. The molecule has 1 aliphatic carbocycles. The van der Waals surface area contributed by atoms with Crippen molar-refractivity contribution in [2.45, 2.75) is 39.5 Å². The Labute approximate surface area is 109 Å². The van der Waals surface area contributed by atoms with Crippen molar-refractivity contribution in [2.75, 3.05) is 11.1 Å². The highest BCUT2D eigenvalue weighted by Gasteiger charge is 2.36. The lowest BCUT2D eigenvalue weighted by Gasteiger charge is -2.37. The SMILES string of the molecule is CC1(C)CCCCC1C(=O)Nc1ccc(N)cc1. The van der Waals surface area contributed by atoms with E-state index in [-0.39, 0.29) is 17.2 Å². The molecule has 0 aromatic heterocycles. The van der Waals surface area contributed by atoms with Gasteiger partial charge < -0.3 is 11.1 Å². The molecule has 1 aromatic rings. The first kappa shape index (κ1) is 12.9. The summed E-state index contributed by atoms with van der Waals surface area (Å²) in [5.41, 5.74) is 7.28. The topological polar surface area (TPSA) is 55.1 Å². The summed E-state index contributed by atoms with van der Waals surface area (Å²) in [7, 11) is 0. The number of carbonyl (C=O) groups is 1. The molecule has 3 N–H and O–H groups in total. The molecule has 98 valence electrons. The van der Waals surface area contributed by atoms with Gasteiger partial charge in [-0.25, -0.2) is 0 Å². The third-order valence-electron chi connectivity index (χ3n) is 4.00. The van der Waals surface area contributed by atoms with Gasteiger partial charge in [-0.1, -0.05) is 26.7 Å². The molecule has 1 amide bonds. The minimum atomic E-state index is 0.107. The quantitative estimate of drug-likeness (QED) is 0.785. The van der Waals surface area contributed by atoms with Gasteiger partial charge in [-0.05, 0) is 42.5 Å². The van der Waals surface area contributed by atoms with Gasteiger partial charge in [0.1, 0.15) is 0 Å². The summed E-state index contributed by atoms with van der Waals surface area (Å²) in [6.45, 7) is 4.39. The van der Waals surface area contributed by atoms with E-state index in [0.717, 1.165) is 24.9 Å². The van der Waals surface area contributed by atoms with E-state index in [2.05, 4.69) is 19.2 Å². The van der Waals surface area contributed by atoms with Crippen molar-refractivity contribution in [3.8, 4) is 0 Å². The van der Waals surface area contributed by atoms with Gasteiger partial charge in [0.05, 0.1) is 0 Å². The molecule has 0 radical (unpaired) electrons. The number of carbonyl (C=O) groups excluding carboxylic acids is 1. The van der Waals surface area contributed by atoms with Crippen molar-refractivity contribution >= 4 is 17.3 Å². The van der Waals surface area contributed by atoms with Crippen LogP contribution >= 0.6 is 0 Å². The van der Waals surface area contributed by atoms with Crippen LogP contribution in [0.4, 0.5) is 11.4 Å². The maximum Gasteiger partial charge on any atom is 0.228 e. The Morgan fingerprint density at radius 1 is 1.28 bits per heavy atom. The maximum atomic E-state index is 12.3. The average molecular weight is 246 g/mol. The molecule has 18 heavy (non-hydrogen) atoms. The Kier molecular flexibility index (Phi) is 3.60. The minimum absolute atomic E-state index is 0.107. The van der Waals surface area contributed by atoms with E-state index in [0.29, 0.717) is 5.69 Å². The summed E-state index contributed by atoms with van der Waals surface area (Å²) in [5, 5.41) is 3.00. The highest BCUT2D eigenvalue weighted by atomic mass is 16.1. The normalized spacial score (nSPS) is 22.4. The van der Waals surface area contributed by atoms with Crippen LogP contribution in [-0.4, -0.2) is 5.91 Å². The van der Waals surface area contributed by atoms with Crippen molar-refractivity contribution in [1.29, 1.82) is 0 Å². The Morgan fingerprint density at radius 2 is 1.94 bits per heavy atom. The summed E-state index contributed by atoms with van der Waals surface area (Å²) in [5.74, 6) is 0.258. The predicted molar refractivity (Wildman–Crippen MR) is 75.2 cm³/mol. The van der Waals surface area contributed by atoms with E-state index in [4.69, 9.17) is 5.73 Å². The van der Waals surface area contributed by atoms with Crippen LogP contribution in [0.3, 0.4) is 0 Å². The largest absolute Gasteiger partial charge is 0.399 e. The van der Waals surface area contributed by atoms with Gasteiger partial charge in [0.2, 0.25) is 5.91 Å². The van der Waals surface area contributed by atoms with Crippen LogP contribution in [0.1, 0.15) is 39.5 Å². The third kappa shape index (κ3) is 2.84. The van der Waals surface area contributed by atoms with E-state index in [9.17, 15) is 4.79 Å². The van der Waals surface area contributed by atoms with Gasteiger partial charge in [-0.15, -0.1) is 0 Å². The van der Waals surface area contributed by atoms with Crippen LogP contribution in [0, 0.1) is 11.3 Å². The zero-order chi connectivity index (χ0) is 13.2. The average Bonchev–Trinajstić information content (AvgIpc) is 2.31. The number of nitrogen functional groups attached to an aromatic ring is 1. The highest BCUT2D eigenvalue weighted by Crippen LogP contribution is 2.41. The summed E-state index contributed by atoms with van der Waals surface area (Å²) >= 11 is 0. The zero-order valence-electron chi connectivity index (χ0n) is 11.2. The fourth-order valence-corrected chi connectivity index (χ4v) is 2.78. The molecule has 2 rings (SSSR count). The lowest BCUT2D eigenvalue weighted by atomic mass is 9.68. The predicted octanol–water partition coefficient (Wildman–Crippen LogP) is 3.42. The standard InChI is InChI=1S/C15H22N2O/c1-15(2)10-4-3-5-13(15)14(18)17-12-8-6-11(16)7-9-12/h6-9,13H,3-5,10,16H2,1-2H3,(H,17,18). The van der Waals surface area contributed by atoms with Crippen molar-refractivity contribution in [2.24, 2.45) is 11.3 Å². The number of benzene rings is 1. The first-order valence-corrected chi connectivity index (χ1v) is 6.65. The molecule has 0 heterocycles. The molecule has 0 bridgehead atoms. The summed E-state index contributed by atoms with van der Waals surface area (Å²) in [6.07, 6.45) is 4.52. The van der Waals surface area contributed by atoms with E-state index >= 15 is 0 Å². The number of anilines is 2. The fraction of sp³-hybridized carbons (Fsp3) is 0.533. The molecule has 3 nitrogen and oxygen atoms in total. The van der Waals surface area contributed by atoms with Crippen LogP contribution in [-0.2, 0) is 4.79 Å². The molecule has 1 aliphatic rings. The first-order chi connectivity index (χ1) is 8.49. The molecule has 1 atom stereocenters. The Balaban J connectivity index is 2.05. The molecule has 1 unspecified atom stereocenters. The zero-order valence-corrected chi connectivity index (χ0v) is 11.2. The van der Waals surface area contributed by atoms with Gasteiger partial charge in [-0.3, -0.25) is 4.79 Å². The monoisotopic (exact) mass is 246 g/mol. The van der Waals surface area contributed by atoms with Crippen LogP contribution < -0.4 is 11.1 Å². The number of nitrogens with two attached hydrogens (primary N) is 1. The second-order valence-electron chi connectivity index (χ2n) is 5.90. The summed E-state index contributed by atoms with van der Waals surface area (Å²) in [6, 6.07) is 7.31. The summed E-state index contributed by atoms with van der Waals surface area (Å²) in [4.78, 5) is 12.3. The van der Waals surface area contributed by atoms with Crippen molar-refractivity contribution in [1.82, 2.24) is 0 Å². The molecular weight excluding hydrogens is 224 g/mol. The van der Waals surface area contributed by atoms with Gasteiger partial charge in [0.15, 0.2) is 0 Å². The molecule has 1 aromatic carbocycles. The molecule has 1 saturated carbocycles. The van der Waals surface area contributed by atoms with Gasteiger partial charge >= 0.3 is 0 Å². The number of amides is 1. The second-order valence-corrected chi connectivity index (χ2v) is 5.90. The number of hydrogen-bond acceptors (Lipinski definition) is 2. The molecular formula is C15H22N2O. The number of rotatable bonds is 2. The highest BCUT2D eigenvalue weighted by molar-refractivity contribution is 5.93. The van der Waals surface area contributed by atoms with Crippen molar-refractivity contribution in [3.05, 3.63) is 24.3 Å². The Hall–Kier alpha value is -1.51.